The zero-order valence-electron chi connectivity index (χ0n) is 19.2. The molecular weight excluding hydrogens is 436 g/mol. The van der Waals surface area contributed by atoms with E-state index >= 15 is 0 Å². The van der Waals surface area contributed by atoms with Crippen molar-refractivity contribution in [3.05, 3.63) is 48.2 Å². The van der Waals surface area contributed by atoms with Crippen LogP contribution in [0.2, 0.25) is 0 Å². The van der Waals surface area contributed by atoms with Crippen LogP contribution in [0.25, 0.3) is 0 Å². The molecule has 176 valence electrons. The molecule has 7 nitrogen and oxygen atoms in total. The summed E-state index contributed by atoms with van der Waals surface area (Å²) >= 11 is 1.70. The van der Waals surface area contributed by atoms with Crippen molar-refractivity contribution >= 4 is 35.0 Å². The third-order valence-corrected chi connectivity index (χ3v) is 7.47. The zero-order valence-corrected chi connectivity index (χ0v) is 20.0. The maximum Gasteiger partial charge on any atom is 0.257 e. The van der Waals surface area contributed by atoms with E-state index in [0.29, 0.717) is 17.4 Å². The van der Waals surface area contributed by atoms with E-state index in [4.69, 9.17) is 4.74 Å². The smallest absolute Gasteiger partial charge is 0.257 e. The fraction of sp³-hybridized carbons (Fsp3) is 0.480. The number of nitrogens with one attached hydrogen (secondary N) is 1. The van der Waals surface area contributed by atoms with Gasteiger partial charge in [0.2, 0.25) is 5.91 Å². The van der Waals surface area contributed by atoms with Gasteiger partial charge in [0.1, 0.15) is 11.6 Å². The molecule has 0 unspecified atom stereocenters. The van der Waals surface area contributed by atoms with Crippen molar-refractivity contribution in [3.63, 3.8) is 0 Å². The summed E-state index contributed by atoms with van der Waals surface area (Å²) in [6.07, 6.45) is 6.54. The number of rotatable bonds is 8. The van der Waals surface area contributed by atoms with Gasteiger partial charge < -0.3 is 19.9 Å². The molecule has 33 heavy (non-hydrogen) atoms. The highest BCUT2D eigenvalue weighted by molar-refractivity contribution is 7.99. The van der Waals surface area contributed by atoms with Crippen molar-refractivity contribution in [1.29, 1.82) is 0 Å². The summed E-state index contributed by atoms with van der Waals surface area (Å²) in [6, 6.07) is 11.4. The average molecular weight is 469 g/mol. The number of likely N-dealkylation sites (N-methyl/N-ethyl adjacent to an activating group) is 1. The fourth-order valence-corrected chi connectivity index (χ4v) is 5.55. The molecule has 0 bridgehead atoms. The molecule has 0 atom stereocenters. The lowest BCUT2D eigenvalue weighted by Gasteiger charge is -2.29. The second-order valence-electron chi connectivity index (χ2n) is 8.39. The first-order valence-corrected chi connectivity index (χ1v) is 12.7. The number of hydrogen-bond donors (Lipinski definition) is 1. The predicted molar refractivity (Wildman–Crippen MR) is 132 cm³/mol. The van der Waals surface area contributed by atoms with Crippen LogP contribution in [-0.2, 0) is 9.53 Å². The number of hydrogen-bond acceptors (Lipinski definition) is 6. The Bertz CT molecular complexity index is 941. The number of amides is 2. The van der Waals surface area contributed by atoms with Crippen LogP contribution in [0.3, 0.4) is 0 Å². The van der Waals surface area contributed by atoms with Crippen LogP contribution >= 0.6 is 11.8 Å². The Morgan fingerprint density at radius 3 is 2.58 bits per heavy atom. The maximum absolute atomic E-state index is 13.3. The van der Waals surface area contributed by atoms with Gasteiger partial charge in [-0.1, -0.05) is 12.8 Å². The standard InChI is InChI=1S/C25H32N4O3S/c1-2-28(25(31)22-8-5-13-26-24(22)33-21-6-3-4-7-21)18-23(30)27-19-9-11-20(12-10-19)29-14-16-32-17-15-29/h5,8-13,21H,2-4,6-7,14-18H2,1H3,(H,27,30). The van der Waals surface area contributed by atoms with Crippen LogP contribution < -0.4 is 10.2 Å². The normalized spacial score (nSPS) is 16.6. The summed E-state index contributed by atoms with van der Waals surface area (Å²) < 4.78 is 5.40. The Morgan fingerprint density at radius 2 is 1.88 bits per heavy atom. The molecule has 0 spiro atoms. The highest BCUT2D eigenvalue weighted by Gasteiger charge is 2.24. The summed E-state index contributed by atoms with van der Waals surface area (Å²) in [7, 11) is 0. The molecule has 4 rings (SSSR count). The summed E-state index contributed by atoms with van der Waals surface area (Å²) in [6.45, 7) is 5.55. The second-order valence-corrected chi connectivity index (χ2v) is 9.68. The number of anilines is 2. The third-order valence-electron chi connectivity index (χ3n) is 6.11. The van der Waals surface area contributed by atoms with Crippen molar-refractivity contribution in [2.75, 3.05) is 49.6 Å². The molecule has 2 heterocycles. The number of carbonyl (C=O) groups excluding carboxylic acids is 2. The molecule has 8 heteroatoms. The first-order chi connectivity index (χ1) is 16.1. The number of thioether (sulfide) groups is 1. The van der Waals surface area contributed by atoms with E-state index < -0.39 is 0 Å². The zero-order chi connectivity index (χ0) is 23.0. The molecular formula is C25H32N4O3S. The average Bonchev–Trinajstić information content (AvgIpc) is 3.37. The van der Waals surface area contributed by atoms with Gasteiger partial charge in [-0.05, 0) is 56.2 Å². The van der Waals surface area contributed by atoms with Gasteiger partial charge in [0, 0.05) is 42.5 Å². The maximum atomic E-state index is 13.3. The van der Waals surface area contributed by atoms with Gasteiger partial charge in [0.25, 0.3) is 5.91 Å². The molecule has 1 aliphatic heterocycles. The summed E-state index contributed by atoms with van der Waals surface area (Å²) in [5, 5.41) is 4.21. The Balaban J connectivity index is 1.36. The van der Waals surface area contributed by atoms with Gasteiger partial charge in [0.15, 0.2) is 0 Å². The summed E-state index contributed by atoms with van der Waals surface area (Å²) in [5.41, 5.74) is 2.42. The molecule has 2 aromatic rings. The number of ether oxygens (including phenoxy) is 1. The lowest BCUT2D eigenvalue weighted by Crippen LogP contribution is -2.38. The number of aromatic nitrogens is 1. The van der Waals surface area contributed by atoms with Gasteiger partial charge in [-0.2, -0.15) is 0 Å². The molecule has 1 saturated carbocycles. The number of benzene rings is 1. The Hall–Kier alpha value is -2.58. The molecule has 1 aromatic heterocycles. The highest BCUT2D eigenvalue weighted by Crippen LogP contribution is 2.35. The molecule has 2 amide bonds. The number of nitrogens with zero attached hydrogens (tertiary/aromatic N) is 3. The molecule has 1 saturated heterocycles. The van der Waals surface area contributed by atoms with E-state index in [0.717, 1.165) is 42.7 Å². The van der Waals surface area contributed by atoms with Gasteiger partial charge >= 0.3 is 0 Å². The minimum Gasteiger partial charge on any atom is -0.378 e. The molecule has 0 radical (unpaired) electrons. The first-order valence-electron chi connectivity index (χ1n) is 11.8. The lowest BCUT2D eigenvalue weighted by molar-refractivity contribution is -0.116. The number of pyridine rings is 1. The topological polar surface area (TPSA) is 74.8 Å². The monoisotopic (exact) mass is 468 g/mol. The minimum absolute atomic E-state index is 0.00295. The van der Waals surface area contributed by atoms with Crippen molar-refractivity contribution in [3.8, 4) is 0 Å². The fourth-order valence-electron chi connectivity index (χ4n) is 4.26. The third kappa shape index (κ3) is 6.26. The predicted octanol–water partition coefficient (Wildman–Crippen LogP) is 4.05. The SMILES string of the molecule is CCN(CC(=O)Nc1ccc(N2CCOCC2)cc1)C(=O)c1cccnc1SC1CCCC1. The summed E-state index contributed by atoms with van der Waals surface area (Å²) in [5.74, 6) is -0.359. The quantitative estimate of drug-likeness (QED) is 0.630. The van der Waals surface area contributed by atoms with Crippen LogP contribution in [0.5, 0.6) is 0 Å². The molecule has 1 aromatic carbocycles. The Labute approximate surface area is 199 Å². The first kappa shape index (κ1) is 23.6. The van der Waals surface area contributed by atoms with Crippen molar-refractivity contribution in [2.24, 2.45) is 0 Å². The lowest BCUT2D eigenvalue weighted by atomic mass is 10.2. The van der Waals surface area contributed by atoms with Crippen molar-refractivity contribution < 1.29 is 14.3 Å². The minimum atomic E-state index is -0.210. The van der Waals surface area contributed by atoms with Gasteiger partial charge in [0.05, 0.1) is 18.8 Å². The van der Waals surface area contributed by atoms with Gasteiger partial charge in [-0.3, -0.25) is 9.59 Å². The van der Waals surface area contributed by atoms with Gasteiger partial charge in [-0.15, -0.1) is 11.8 Å². The largest absolute Gasteiger partial charge is 0.378 e. The summed E-state index contributed by atoms with van der Waals surface area (Å²) in [4.78, 5) is 34.3. The Morgan fingerprint density at radius 1 is 1.15 bits per heavy atom. The number of carbonyl (C=O) groups is 2. The van der Waals surface area contributed by atoms with Crippen LogP contribution in [0.1, 0.15) is 43.0 Å². The van der Waals surface area contributed by atoms with E-state index in [1.165, 1.54) is 25.7 Å². The highest BCUT2D eigenvalue weighted by atomic mass is 32.2. The van der Waals surface area contributed by atoms with Crippen molar-refractivity contribution in [1.82, 2.24) is 9.88 Å². The number of morpholine rings is 1. The second kappa shape index (κ2) is 11.5. The van der Waals surface area contributed by atoms with E-state index in [1.807, 2.05) is 37.3 Å². The van der Waals surface area contributed by atoms with Crippen molar-refractivity contribution in [2.45, 2.75) is 42.9 Å². The van der Waals surface area contributed by atoms with Crippen LogP contribution in [0, 0.1) is 0 Å². The van der Waals surface area contributed by atoms with Gasteiger partial charge in [-0.25, -0.2) is 4.98 Å². The van der Waals surface area contributed by atoms with E-state index in [2.05, 4.69) is 15.2 Å². The van der Waals surface area contributed by atoms with Crippen LogP contribution in [-0.4, -0.2) is 66.3 Å². The van der Waals surface area contributed by atoms with Crippen LogP contribution in [0.4, 0.5) is 11.4 Å². The molecule has 1 N–H and O–H groups in total. The van der Waals surface area contributed by atoms with E-state index in [9.17, 15) is 9.59 Å². The molecule has 2 fully saturated rings. The Kier molecular flexibility index (Phi) is 8.23. The van der Waals surface area contributed by atoms with E-state index in [1.54, 1.807) is 28.9 Å². The molecule has 2 aliphatic rings. The van der Waals surface area contributed by atoms with E-state index in [-0.39, 0.29) is 18.4 Å². The van der Waals surface area contributed by atoms with Crippen LogP contribution in [0.15, 0.2) is 47.6 Å². The molecule has 1 aliphatic carbocycles.